The quantitative estimate of drug-likeness (QED) is 0.512. The first-order valence-corrected chi connectivity index (χ1v) is 12.7. The first-order valence-electron chi connectivity index (χ1n) is 12.7. The Kier molecular flexibility index (Phi) is 6.31. The molecule has 0 spiro atoms. The van der Waals surface area contributed by atoms with Crippen LogP contribution in [0.5, 0.6) is 0 Å². The Morgan fingerprint density at radius 2 is 1.63 bits per heavy atom. The molecule has 0 unspecified atom stereocenters. The summed E-state index contributed by atoms with van der Waals surface area (Å²) in [6, 6.07) is 0. The predicted molar refractivity (Wildman–Crippen MR) is 118 cm³/mol. The van der Waals surface area contributed by atoms with Crippen molar-refractivity contribution in [1.82, 2.24) is 0 Å². The number of carboxylic acid groups (broad SMARTS) is 1. The van der Waals surface area contributed by atoms with E-state index in [9.17, 15) is 15.0 Å². The van der Waals surface area contributed by atoms with E-state index in [4.69, 9.17) is 5.11 Å². The van der Waals surface area contributed by atoms with Gasteiger partial charge in [-0.1, -0.05) is 33.6 Å². The number of unbranched alkanes of at least 4 members (excludes halogenated alkanes) is 1. The van der Waals surface area contributed by atoms with Gasteiger partial charge in [0.25, 0.3) is 0 Å². The number of aliphatic hydroxyl groups excluding tert-OH is 2. The van der Waals surface area contributed by atoms with Crippen LogP contribution in [-0.2, 0) is 4.79 Å². The second kappa shape index (κ2) is 8.39. The third kappa shape index (κ3) is 3.74. The second-order valence-corrected chi connectivity index (χ2v) is 12.1. The van der Waals surface area contributed by atoms with Crippen LogP contribution < -0.4 is 0 Å². The van der Waals surface area contributed by atoms with Gasteiger partial charge in [-0.2, -0.15) is 0 Å². The van der Waals surface area contributed by atoms with Gasteiger partial charge in [-0.25, -0.2) is 0 Å². The maximum atomic E-state index is 11.1. The van der Waals surface area contributed by atoms with E-state index in [2.05, 4.69) is 20.8 Å². The minimum absolute atomic E-state index is 0.198. The highest BCUT2D eigenvalue weighted by molar-refractivity contribution is 5.66. The van der Waals surface area contributed by atoms with Crippen LogP contribution in [0.3, 0.4) is 0 Å². The van der Waals surface area contributed by atoms with Crippen LogP contribution >= 0.6 is 0 Å². The molecule has 4 nitrogen and oxygen atoms in total. The number of carbonyl (C=O) groups is 1. The zero-order valence-corrected chi connectivity index (χ0v) is 19.4. The molecule has 0 radical (unpaired) electrons. The van der Waals surface area contributed by atoms with E-state index in [0.29, 0.717) is 29.6 Å². The SMILES string of the molecule is C[C@H](CCCCC(=O)O)[C@H]1CC[C@H]2[C@@H]3C[C@H](O)[C@@H]4C[C@H](O)CC[C@]4(C)[C@H]3CC[C@]12C. The van der Waals surface area contributed by atoms with E-state index in [1.807, 2.05) is 0 Å². The summed E-state index contributed by atoms with van der Waals surface area (Å²) in [4.78, 5) is 10.8. The maximum Gasteiger partial charge on any atom is 0.303 e. The number of hydrogen-bond donors (Lipinski definition) is 3. The summed E-state index contributed by atoms with van der Waals surface area (Å²) in [6.45, 7) is 7.38. The van der Waals surface area contributed by atoms with Crippen molar-refractivity contribution in [3.05, 3.63) is 0 Å². The van der Waals surface area contributed by atoms with Crippen molar-refractivity contribution < 1.29 is 20.1 Å². The highest BCUT2D eigenvalue weighted by Gasteiger charge is 2.62. The number of aliphatic hydroxyl groups is 2. The molecule has 0 amide bonds. The lowest BCUT2D eigenvalue weighted by Crippen LogP contribution is -2.58. The molecule has 0 aromatic carbocycles. The molecular formula is C26H44O4. The average molecular weight is 421 g/mol. The van der Waals surface area contributed by atoms with Crippen molar-refractivity contribution in [2.45, 2.75) is 110 Å². The molecule has 172 valence electrons. The van der Waals surface area contributed by atoms with Gasteiger partial charge in [-0.3, -0.25) is 4.79 Å². The largest absolute Gasteiger partial charge is 0.481 e. The van der Waals surface area contributed by atoms with Crippen LogP contribution in [0.25, 0.3) is 0 Å². The molecule has 0 heterocycles. The predicted octanol–water partition coefficient (Wildman–Crippen LogP) is 5.26. The molecular weight excluding hydrogens is 376 g/mol. The molecule has 0 aromatic rings. The third-order valence-corrected chi connectivity index (χ3v) is 10.7. The van der Waals surface area contributed by atoms with Crippen LogP contribution in [0.1, 0.15) is 97.8 Å². The van der Waals surface area contributed by atoms with E-state index < -0.39 is 5.97 Å². The third-order valence-electron chi connectivity index (χ3n) is 10.7. The minimum atomic E-state index is -0.674. The first kappa shape index (κ1) is 22.6. The standard InChI is InChI=1S/C26H44O4/c1-16(6-4-5-7-24(29)30)19-8-9-20-18-15-23(28)22-14-17(27)10-12-26(22,3)21(18)11-13-25(19,20)2/h16-23,27-28H,4-15H2,1-3H3,(H,29,30)/t16-,17-,18+,19-,20+,21+,22+,23+,25-,26-/m1/s1. The van der Waals surface area contributed by atoms with Crippen molar-refractivity contribution in [2.24, 2.45) is 46.3 Å². The summed E-state index contributed by atoms with van der Waals surface area (Å²) in [7, 11) is 0. The summed E-state index contributed by atoms with van der Waals surface area (Å²) in [5.74, 6) is 3.07. The molecule has 0 bridgehead atoms. The van der Waals surface area contributed by atoms with Crippen molar-refractivity contribution >= 4 is 5.97 Å². The monoisotopic (exact) mass is 420 g/mol. The molecule has 4 saturated carbocycles. The first-order chi connectivity index (χ1) is 14.2. The van der Waals surface area contributed by atoms with Crippen molar-refractivity contribution in [2.75, 3.05) is 0 Å². The Bertz CT molecular complexity index is 635. The molecule has 4 heteroatoms. The minimum Gasteiger partial charge on any atom is -0.481 e. The molecule has 4 aliphatic rings. The van der Waals surface area contributed by atoms with Gasteiger partial charge in [-0.15, -0.1) is 0 Å². The maximum absolute atomic E-state index is 11.1. The Balaban J connectivity index is 1.46. The molecule has 0 aromatic heterocycles. The fourth-order valence-corrected chi connectivity index (χ4v) is 9.20. The van der Waals surface area contributed by atoms with Crippen molar-refractivity contribution in [1.29, 1.82) is 0 Å². The number of rotatable bonds is 6. The number of aliphatic carboxylic acids is 1. The van der Waals surface area contributed by atoms with Gasteiger partial charge in [-0.05, 0) is 104 Å². The van der Waals surface area contributed by atoms with E-state index in [1.165, 1.54) is 25.7 Å². The fraction of sp³-hybridized carbons (Fsp3) is 0.962. The lowest BCUT2D eigenvalue weighted by molar-refractivity contribution is -0.172. The van der Waals surface area contributed by atoms with Crippen molar-refractivity contribution in [3.8, 4) is 0 Å². The molecule has 3 N–H and O–H groups in total. The smallest absolute Gasteiger partial charge is 0.303 e. The number of hydrogen-bond acceptors (Lipinski definition) is 3. The molecule has 4 fully saturated rings. The highest BCUT2D eigenvalue weighted by atomic mass is 16.4. The van der Waals surface area contributed by atoms with Gasteiger partial charge in [0.15, 0.2) is 0 Å². The molecule has 0 saturated heterocycles. The van der Waals surface area contributed by atoms with Crippen LogP contribution in [0, 0.1) is 46.3 Å². The molecule has 10 atom stereocenters. The zero-order valence-electron chi connectivity index (χ0n) is 19.4. The van der Waals surface area contributed by atoms with Crippen LogP contribution in [0.4, 0.5) is 0 Å². The Morgan fingerprint density at radius 1 is 0.933 bits per heavy atom. The average Bonchev–Trinajstić information content (AvgIpc) is 3.04. The van der Waals surface area contributed by atoms with E-state index in [1.54, 1.807) is 0 Å². The van der Waals surface area contributed by atoms with Gasteiger partial charge in [0, 0.05) is 6.42 Å². The Morgan fingerprint density at radius 3 is 2.37 bits per heavy atom. The molecule has 4 rings (SSSR count). The van der Waals surface area contributed by atoms with E-state index in [0.717, 1.165) is 56.8 Å². The van der Waals surface area contributed by atoms with Gasteiger partial charge < -0.3 is 15.3 Å². The fourth-order valence-electron chi connectivity index (χ4n) is 9.20. The van der Waals surface area contributed by atoms with Crippen LogP contribution in [-0.4, -0.2) is 33.5 Å². The number of fused-ring (bicyclic) bond motifs is 5. The summed E-state index contributed by atoms with van der Waals surface area (Å²) >= 11 is 0. The van der Waals surface area contributed by atoms with Gasteiger partial charge >= 0.3 is 5.97 Å². The number of carboxylic acids is 1. The summed E-state index contributed by atoms with van der Waals surface area (Å²) < 4.78 is 0. The lowest BCUT2D eigenvalue weighted by Gasteiger charge is -2.62. The Labute approximate surface area is 182 Å². The highest BCUT2D eigenvalue weighted by Crippen LogP contribution is 2.68. The van der Waals surface area contributed by atoms with E-state index in [-0.39, 0.29) is 23.5 Å². The summed E-state index contributed by atoms with van der Waals surface area (Å²) in [5.41, 5.74) is 0.577. The molecule has 30 heavy (non-hydrogen) atoms. The topological polar surface area (TPSA) is 77.8 Å². The molecule has 4 aliphatic carbocycles. The van der Waals surface area contributed by atoms with Crippen LogP contribution in [0.15, 0.2) is 0 Å². The normalized spacial score (nSPS) is 49.0. The van der Waals surface area contributed by atoms with Gasteiger partial charge in [0.1, 0.15) is 0 Å². The van der Waals surface area contributed by atoms with Gasteiger partial charge in [0.2, 0.25) is 0 Å². The van der Waals surface area contributed by atoms with Gasteiger partial charge in [0.05, 0.1) is 12.2 Å². The van der Waals surface area contributed by atoms with Crippen molar-refractivity contribution in [3.63, 3.8) is 0 Å². The summed E-state index contributed by atoms with van der Waals surface area (Å²) in [5, 5.41) is 30.3. The summed E-state index contributed by atoms with van der Waals surface area (Å²) in [6.07, 6.45) is 11.7. The zero-order chi connectivity index (χ0) is 21.7. The lowest BCUT2D eigenvalue weighted by atomic mass is 9.44. The Hall–Kier alpha value is -0.610. The second-order valence-electron chi connectivity index (χ2n) is 12.1. The van der Waals surface area contributed by atoms with Crippen LogP contribution in [0.2, 0.25) is 0 Å². The van der Waals surface area contributed by atoms with E-state index >= 15 is 0 Å². The molecule has 0 aliphatic heterocycles.